The van der Waals surface area contributed by atoms with Gasteiger partial charge in [0, 0.05) is 18.4 Å². The summed E-state index contributed by atoms with van der Waals surface area (Å²) in [5, 5.41) is 5.84. The maximum absolute atomic E-state index is 5.99. The molecule has 0 saturated heterocycles. The molecule has 0 amide bonds. The van der Waals surface area contributed by atoms with Crippen LogP contribution < -0.4 is 5.73 Å². The van der Waals surface area contributed by atoms with E-state index in [1.165, 1.54) is 37.8 Å². The minimum atomic E-state index is 0.589. The lowest BCUT2D eigenvalue weighted by Gasteiger charge is -2.19. The lowest BCUT2D eigenvalue weighted by Crippen LogP contribution is -2.06. The monoisotopic (exact) mass is 244 g/mol. The van der Waals surface area contributed by atoms with Crippen LogP contribution in [0.15, 0.2) is 6.07 Å². The zero-order valence-corrected chi connectivity index (χ0v) is 11.1. The minimum absolute atomic E-state index is 0.589. The highest BCUT2D eigenvalue weighted by molar-refractivity contribution is 5.82. The summed E-state index contributed by atoms with van der Waals surface area (Å²) in [7, 11) is 1.97. The van der Waals surface area contributed by atoms with Crippen molar-refractivity contribution in [2.45, 2.75) is 44.9 Å². The first-order valence-electron chi connectivity index (χ1n) is 6.76. The lowest BCUT2D eigenvalue weighted by atomic mass is 9.86. The summed E-state index contributed by atoms with van der Waals surface area (Å²) >= 11 is 0. The molecule has 1 aliphatic carbocycles. The van der Waals surface area contributed by atoms with Gasteiger partial charge in [0.2, 0.25) is 0 Å². The number of nitrogens with two attached hydrogens (primary N) is 1. The molecule has 0 bridgehead atoms. The van der Waals surface area contributed by atoms with Crippen LogP contribution in [0.2, 0.25) is 0 Å². The zero-order valence-electron chi connectivity index (χ0n) is 11.1. The number of rotatable bonds is 1. The number of nitrogens with zero attached hydrogens (tertiary/aromatic N) is 3. The number of nitrogen functional groups attached to an aromatic ring is 1. The van der Waals surface area contributed by atoms with Gasteiger partial charge in [0.25, 0.3) is 0 Å². The molecule has 1 saturated carbocycles. The van der Waals surface area contributed by atoms with Crippen molar-refractivity contribution >= 4 is 16.7 Å². The first-order valence-corrected chi connectivity index (χ1v) is 6.76. The predicted molar refractivity (Wildman–Crippen MR) is 73.5 cm³/mol. The van der Waals surface area contributed by atoms with Crippen molar-refractivity contribution in [3.63, 3.8) is 0 Å². The summed E-state index contributed by atoms with van der Waals surface area (Å²) in [6, 6.07) is 2.05. The van der Waals surface area contributed by atoms with E-state index >= 15 is 0 Å². The molecule has 96 valence electrons. The third-order valence-corrected chi connectivity index (χ3v) is 4.06. The Morgan fingerprint density at radius 2 is 2.00 bits per heavy atom. The Kier molecular flexibility index (Phi) is 2.73. The number of hydrogen-bond acceptors (Lipinski definition) is 3. The van der Waals surface area contributed by atoms with Gasteiger partial charge in [0.15, 0.2) is 5.65 Å². The summed E-state index contributed by atoms with van der Waals surface area (Å²) in [6.07, 6.45) is 6.50. The summed E-state index contributed by atoms with van der Waals surface area (Å²) in [5.74, 6) is 0.589. The molecular formula is C14H20N4. The SMILES string of the molecule is Cc1nc2c(cc1N)c(C1CCCCC1)nn2C. The largest absolute Gasteiger partial charge is 0.397 e. The molecular weight excluding hydrogens is 224 g/mol. The molecule has 1 fully saturated rings. The summed E-state index contributed by atoms with van der Waals surface area (Å²) < 4.78 is 1.89. The average Bonchev–Trinajstić information content (AvgIpc) is 2.69. The van der Waals surface area contributed by atoms with Gasteiger partial charge in [-0.2, -0.15) is 5.10 Å². The Morgan fingerprint density at radius 1 is 1.28 bits per heavy atom. The molecule has 3 rings (SSSR count). The van der Waals surface area contributed by atoms with Crippen LogP contribution in [0.3, 0.4) is 0 Å². The van der Waals surface area contributed by atoms with E-state index in [9.17, 15) is 0 Å². The van der Waals surface area contributed by atoms with Gasteiger partial charge in [-0.3, -0.25) is 4.68 Å². The standard InChI is InChI=1S/C14H20N4/c1-9-12(15)8-11-13(10-6-4-3-5-7-10)17-18(2)14(11)16-9/h8,10H,3-7,15H2,1-2H3. The van der Waals surface area contributed by atoms with Gasteiger partial charge in [-0.1, -0.05) is 19.3 Å². The molecule has 0 aliphatic heterocycles. The van der Waals surface area contributed by atoms with Crippen LogP contribution in [-0.4, -0.2) is 14.8 Å². The Bertz CT molecular complexity index is 579. The van der Waals surface area contributed by atoms with Crippen LogP contribution >= 0.6 is 0 Å². The fourth-order valence-corrected chi connectivity index (χ4v) is 2.98. The van der Waals surface area contributed by atoms with Crippen molar-refractivity contribution in [3.05, 3.63) is 17.5 Å². The van der Waals surface area contributed by atoms with Gasteiger partial charge in [-0.25, -0.2) is 4.98 Å². The molecule has 4 nitrogen and oxygen atoms in total. The number of aryl methyl sites for hydroxylation is 2. The van der Waals surface area contributed by atoms with Crippen LogP contribution in [-0.2, 0) is 7.05 Å². The van der Waals surface area contributed by atoms with E-state index in [0.717, 1.165) is 22.4 Å². The Balaban J connectivity index is 2.14. The fraction of sp³-hybridized carbons (Fsp3) is 0.571. The maximum Gasteiger partial charge on any atom is 0.158 e. The third-order valence-electron chi connectivity index (χ3n) is 4.06. The average molecular weight is 244 g/mol. The van der Waals surface area contributed by atoms with E-state index in [1.807, 2.05) is 18.7 Å². The molecule has 4 heteroatoms. The van der Waals surface area contributed by atoms with Crippen LogP contribution in [0.25, 0.3) is 11.0 Å². The van der Waals surface area contributed by atoms with Crippen molar-refractivity contribution in [2.75, 3.05) is 5.73 Å². The first-order chi connectivity index (χ1) is 8.66. The number of anilines is 1. The summed E-state index contributed by atoms with van der Waals surface area (Å²) in [4.78, 5) is 4.57. The molecule has 1 aliphatic rings. The molecule has 18 heavy (non-hydrogen) atoms. The van der Waals surface area contributed by atoms with Crippen molar-refractivity contribution in [1.29, 1.82) is 0 Å². The molecule has 0 aromatic carbocycles. The number of aromatic nitrogens is 3. The highest BCUT2D eigenvalue weighted by atomic mass is 15.3. The molecule has 2 N–H and O–H groups in total. The van der Waals surface area contributed by atoms with Gasteiger partial charge in [-0.15, -0.1) is 0 Å². The zero-order chi connectivity index (χ0) is 12.7. The molecule has 2 heterocycles. The second-order valence-corrected chi connectivity index (χ2v) is 5.38. The Morgan fingerprint density at radius 3 is 2.72 bits per heavy atom. The highest BCUT2D eigenvalue weighted by Gasteiger charge is 2.22. The first kappa shape index (κ1) is 11.5. The number of pyridine rings is 1. The predicted octanol–water partition coefficient (Wildman–Crippen LogP) is 2.91. The Hall–Kier alpha value is -1.58. The van der Waals surface area contributed by atoms with E-state index in [4.69, 9.17) is 10.8 Å². The van der Waals surface area contributed by atoms with Crippen molar-refractivity contribution in [3.8, 4) is 0 Å². The molecule has 2 aromatic rings. The fourth-order valence-electron chi connectivity index (χ4n) is 2.98. The van der Waals surface area contributed by atoms with E-state index < -0.39 is 0 Å². The molecule has 2 aromatic heterocycles. The van der Waals surface area contributed by atoms with Crippen molar-refractivity contribution in [1.82, 2.24) is 14.8 Å². The van der Waals surface area contributed by atoms with Gasteiger partial charge < -0.3 is 5.73 Å². The normalized spacial score (nSPS) is 17.4. The minimum Gasteiger partial charge on any atom is -0.397 e. The van der Waals surface area contributed by atoms with Crippen LogP contribution in [0.1, 0.15) is 49.4 Å². The molecule has 0 spiro atoms. The van der Waals surface area contributed by atoms with Crippen LogP contribution in [0, 0.1) is 6.92 Å². The third kappa shape index (κ3) is 1.76. The second kappa shape index (κ2) is 4.26. The van der Waals surface area contributed by atoms with E-state index in [-0.39, 0.29) is 0 Å². The second-order valence-electron chi connectivity index (χ2n) is 5.38. The van der Waals surface area contributed by atoms with Gasteiger partial charge in [-0.05, 0) is 25.8 Å². The van der Waals surface area contributed by atoms with Crippen molar-refractivity contribution in [2.24, 2.45) is 7.05 Å². The topological polar surface area (TPSA) is 56.7 Å². The molecule has 0 radical (unpaired) electrons. The van der Waals surface area contributed by atoms with Gasteiger partial charge >= 0.3 is 0 Å². The van der Waals surface area contributed by atoms with Gasteiger partial charge in [0.1, 0.15) is 0 Å². The highest BCUT2D eigenvalue weighted by Crippen LogP contribution is 2.35. The van der Waals surface area contributed by atoms with E-state index in [1.54, 1.807) is 0 Å². The van der Waals surface area contributed by atoms with E-state index in [2.05, 4.69) is 11.1 Å². The summed E-state index contributed by atoms with van der Waals surface area (Å²) in [6.45, 7) is 1.95. The molecule has 0 atom stereocenters. The lowest BCUT2D eigenvalue weighted by molar-refractivity contribution is 0.435. The van der Waals surface area contributed by atoms with Crippen LogP contribution in [0.4, 0.5) is 5.69 Å². The quantitative estimate of drug-likeness (QED) is 0.839. The van der Waals surface area contributed by atoms with Crippen LogP contribution in [0.5, 0.6) is 0 Å². The number of fused-ring (bicyclic) bond motifs is 1. The summed E-state index contributed by atoms with van der Waals surface area (Å²) in [5.41, 5.74) is 9.82. The van der Waals surface area contributed by atoms with Crippen molar-refractivity contribution < 1.29 is 0 Å². The smallest absolute Gasteiger partial charge is 0.158 e. The number of hydrogen-bond donors (Lipinski definition) is 1. The van der Waals surface area contributed by atoms with Gasteiger partial charge in [0.05, 0.1) is 17.1 Å². The van der Waals surface area contributed by atoms with E-state index in [0.29, 0.717) is 5.92 Å². The Labute approximate surface area is 107 Å². The molecule has 0 unspecified atom stereocenters. The maximum atomic E-state index is 5.99.